The number of benzene rings is 1. The third-order valence-electron chi connectivity index (χ3n) is 2.78. The van der Waals surface area contributed by atoms with Gasteiger partial charge in [0.15, 0.2) is 0 Å². The van der Waals surface area contributed by atoms with Crippen LogP contribution in [0.15, 0.2) is 29.4 Å². The quantitative estimate of drug-likeness (QED) is 0.655. The first kappa shape index (κ1) is 14.7. The second kappa shape index (κ2) is 6.65. The molecule has 2 aromatic rings. The van der Waals surface area contributed by atoms with E-state index in [-0.39, 0.29) is 0 Å². The third kappa shape index (κ3) is 3.66. The Hall–Kier alpha value is -1.69. The summed E-state index contributed by atoms with van der Waals surface area (Å²) in [6, 6.07) is 5.69. The Morgan fingerprint density at radius 3 is 2.90 bits per heavy atom. The van der Waals surface area contributed by atoms with Crippen molar-refractivity contribution in [2.45, 2.75) is 31.0 Å². The van der Waals surface area contributed by atoms with E-state index in [9.17, 15) is 0 Å². The second-order valence-electron chi connectivity index (χ2n) is 4.95. The smallest absolute Gasteiger partial charge is 0.138 e. The molecule has 0 aliphatic heterocycles. The predicted molar refractivity (Wildman–Crippen MR) is 81.8 cm³/mol. The Balaban J connectivity index is 2.07. The Kier molecular flexibility index (Phi) is 4.89. The lowest BCUT2D eigenvalue weighted by atomic mass is 10.2. The first-order chi connectivity index (χ1) is 9.60. The van der Waals surface area contributed by atoms with E-state index in [2.05, 4.69) is 23.9 Å². The maximum Gasteiger partial charge on any atom is 0.138 e. The van der Waals surface area contributed by atoms with Crippen LogP contribution in [-0.4, -0.2) is 21.9 Å². The molecule has 0 radical (unpaired) electrons. The van der Waals surface area contributed by atoms with Crippen molar-refractivity contribution in [3.8, 4) is 5.75 Å². The van der Waals surface area contributed by atoms with Crippen LogP contribution < -0.4 is 10.5 Å². The van der Waals surface area contributed by atoms with Gasteiger partial charge in [-0.25, -0.2) is 9.67 Å². The molecule has 5 nitrogen and oxygen atoms in total. The highest BCUT2D eigenvalue weighted by Gasteiger charge is 2.09. The highest BCUT2D eigenvalue weighted by Crippen LogP contribution is 2.32. The molecule has 1 aromatic carbocycles. The van der Waals surface area contributed by atoms with E-state index in [1.807, 2.05) is 22.9 Å². The molecule has 108 valence electrons. The highest BCUT2D eigenvalue weighted by atomic mass is 32.2. The molecule has 0 unspecified atom stereocenters. The summed E-state index contributed by atoms with van der Waals surface area (Å²) in [7, 11) is 1.65. The minimum atomic E-state index is 0.548. The van der Waals surface area contributed by atoms with Crippen LogP contribution in [0.2, 0.25) is 0 Å². The Labute approximate surface area is 123 Å². The largest absolute Gasteiger partial charge is 0.496 e. The number of ether oxygens (including phenoxy) is 1. The summed E-state index contributed by atoms with van der Waals surface area (Å²) in [6.07, 6.45) is 1.61. The predicted octanol–water partition coefficient (Wildman–Crippen LogP) is 2.82. The third-order valence-corrected chi connectivity index (χ3v) is 3.83. The summed E-state index contributed by atoms with van der Waals surface area (Å²) < 4.78 is 7.31. The number of hydrogen-bond acceptors (Lipinski definition) is 5. The number of nitrogen functional groups attached to an aromatic ring is 1. The first-order valence-corrected chi connectivity index (χ1v) is 7.51. The average molecular weight is 292 g/mol. The summed E-state index contributed by atoms with van der Waals surface area (Å²) in [6.45, 7) is 5.22. The van der Waals surface area contributed by atoms with Gasteiger partial charge in [-0.05, 0) is 18.1 Å². The van der Waals surface area contributed by atoms with E-state index in [4.69, 9.17) is 10.5 Å². The molecule has 0 fully saturated rings. The molecule has 0 spiro atoms. The molecule has 2 rings (SSSR count). The molecular weight excluding hydrogens is 272 g/mol. The van der Waals surface area contributed by atoms with Crippen LogP contribution >= 0.6 is 11.8 Å². The number of aromatic nitrogens is 3. The SMILES string of the molecule is COc1cc(N)ccc1SCc1ncnn1CC(C)C. The fourth-order valence-electron chi connectivity index (χ4n) is 1.84. The number of hydrogen-bond donors (Lipinski definition) is 1. The maximum atomic E-state index is 5.76. The molecule has 0 aliphatic carbocycles. The highest BCUT2D eigenvalue weighted by molar-refractivity contribution is 7.98. The van der Waals surface area contributed by atoms with Gasteiger partial charge in [-0.3, -0.25) is 0 Å². The molecule has 1 heterocycles. The number of nitrogens with two attached hydrogens (primary N) is 1. The molecule has 0 amide bonds. The zero-order valence-electron chi connectivity index (χ0n) is 12.0. The van der Waals surface area contributed by atoms with E-state index in [0.29, 0.717) is 11.6 Å². The van der Waals surface area contributed by atoms with Crippen molar-refractivity contribution in [1.82, 2.24) is 14.8 Å². The molecule has 0 bridgehead atoms. The van der Waals surface area contributed by atoms with E-state index in [0.717, 1.165) is 28.8 Å². The van der Waals surface area contributed by atoms with Gasteiger partial charge in [0.05, 0.1) is 12.9 Å². The molecule has 2 N–H and O–H groups in total. The normalized spacial score (nSPS) is 11.0. The summed E-state index contributed by atoms with van der Waals surface area (Å²) in [5.74, 6) is 3.08. The zero-order chi connectivity index (χ0) is 14.5. The van der Waals surface area contributed by atoms with Crippen LogP contribution in [0.3, 0.4) is 0 Å². The van der Waals surface area contributed by atoms with E-state index in [1.165, 1.54) is 0 Å². The van der Waals surface area contributed by atoms with Crippen LogP contribution in [-0.2, 0) is 12.3 Å². The van der Waals surface area contributed by atoms with Gasteiger partial charge in [0.25, 0.3) is 0 Å². The Bertz CT molecular complexity index is 568. The lowest BCUT2D eigenvalue weighted by Crippen LogP contribution is -2.09. The van der Waals surface area contributed by atoms with Gasteiger partial charge in [-0.1, -0.05) is 13.8 Å². The van der Waals surface area contributed by atoms with Crippen molar-refractivity contribution >= 4 is 17.4 Å². The lowest BCUT2D eigenvalue weighted by molar-refractivity contribution is 0.405. The minimum Gasteiger partial charge on any atom is -0.496 e. The van der Waals surface area contributed by atoms with E-state index < -0.39 is 0 Å². The molecule has 1 aromatic heterocycles. The van der Waals surface area contributed by atoms with Gasteiger partial charge in [-0.2, -0.15) is 5.10 Å². The van der Waals surface area contributed by atoms with Crippen molar-refractivity contribution in [3.63, 3.8) is 0 Å². The Morgan fingerprint density at radius 2 is 2.20 bits per heavy atom. The van der Waals surface area contributed by atoms with Crippen LogP contribution in [0.5, 0.6) is 5.75 Å². The fraction of sp³-hybridized carbons (Fsp3) is 0.429. The van der Waals surface area contributed by atoms with Crippen LogP contribution in [0.25, 0.3) is 0 Å². The molecular formula is C14H20N4OS. The van der Waals surface area contributed by atoms with Crippen molar-refractivity contribution in [2.24, 2.45) is 5.92 Å². The summed E-state index contributed by atoms with van der Waals surface area (Å²) in [5.41, 5.74) is 6.46. The molecule has 6 heteroatoms. The minimum absolute atomic E-state index is 0.548. The van der Waals surface area contributed by atoms with Crippen molar-refractivity contribution in [2.75, 3.05) is 12.8 Å². The van der Waals surface area contributed by atoms with Gasteiger partial charge in [-0.15, -0.1) is 11.8 Å². The molecule has 0 saturated carbocycles. The van der Waals surface area contributed by atoms with Gasteiger partial charge >= 0.3 is 0 Å². The summed E-state index contributed by atoms with van der Waals surface area (Å²) in [4.78, 5) is 5.38. The van der Waals surface area contributed by atoms with Crippen molar-refractivity contribution in [3.05, 3.63) is 30.4 Å². The molecule has 0 aliphatic rings. The van der Waals surface area contributed by atoms with Crippen molar-refractivity contribution in [1.29, 1.82) is 0 Å². The summed E-state index contributed by atoms with van der Waals surface area (Å²) in [5, 5.41) is 4.27. The molecule has 0 atom stereocenters. The summed E-state index contributed by atoms with van der Waals surface area (Å²) >= 11 is 1.68. The number of nitrogens with zero attached hydrogens (tertiary/aromatic N) is 3. The number of rotatable bonds is 6. The monoisotopic (exact) mass is 292 g/mol. The number of thioether (sulfide) groups is 1. The van der Waals surface area contributed by atoms with Crippen LogP contribution in [0.1, 0.15) is 19.7 Å². The Morgan fingerprint density at radius 1 is 1.40 bits per heavy atom. The molecule has 0 saturated heterocycles. The zero-order valence-corrected chi connectivity index (χ0v) is 12.9. The van der Waals surface area contributed by atoms with Gasteiger partial charge in [0.1, 0.15) is 17.9 Å². The number of methoxy groups -OCH3 is 1. The topological polar surface area (TPSA) is 66.0 Å². The van der Waals surface area contributed by atoms with Gasteiger partial charge in [0.2, 0.25) is 0 Å². The lowest BCUT2D eigenvalue weighted by Gasteiger charge is -2.10. The van der Waals surface area contributed by atoms with Crippen LogP contribution in [0, 0.1) is 5.92 Å². The first-order valence-electron chi connectivity index (χ1n) is 6.53. The van der Waals surface area contributed by atoms with Gasteiger partial charge in [0, 0.05) is 23.2 Å². The maximum absolute atomic E-state index is 5.76. The average Bonchev–Trinajstić information content (AvgIpc) is 2.83. The van der Waals surface area contributed by atoms with Crippen molar-refractivity contribution < 1.29 is 4.74 Å². The molecule has 20 heavy (non-hydrogen) atoms. The van der Waals surface area contributed by atoms with E-state index in [1.54, 1.807) is 25.2 Å². The fourth-order valence-corrected chi connectivity index (χ4v) is 2.80. The number of anilines is 1. The van der Waals surface area contributed by atoms with Gasteiger partial charge < -0.3 is 10.5 Å². The van der Waals surface area contributed by atoms with Crippen LogP contribution in [0.4, 0.5) is 5.69 Å². The standard InChI is InChI=1S/C14H20N4OS/c1-10(2)7-18-14(16-9-17-18)8-20-13-5-4-11(15)6-12(13)19-3/h4-6,9-10H,7-8,15H2,1-3H3. The van der Waals surface area contributed by atoms with E-state index >= 15 is 0 Å². The second-order valence-corrected chi connectivity index (χ2v) is 5.97.